The molecular formula is C26H34N4O5. The number of fused-ring (bicyclic) bond motifs is 3. The molecule has 1 aromatic carbocycles. The number of nitrogens with zero attached hydrogens (tertiary/aromatic N) is 4. The summed E-state index contributed by atoms with van der Waals surface area (Å²) in [5, 5.41) is 5.90. The molecule has 3 aliphatic rings. The van der Waals surface area contributed by atoms with Crippen LogP contribution in [-0.2, 0) is 22.6 Å². The second-order valence-electron chi connectivity index (χ2n) is 10.9. The molecule has 0 radical (unpaired) electrons. The average molecular weight is 483 g/mol. The molecule has 2 aliphatic heterocycles. The number of amides is 3. The molecule has 3 heterocycles. The molecule has 0 unspecified atom stereocenters. The molecule has 1 aromatic heterocycles. The number of benzene rings is 1. The minimum atomic E-state index is -0.371. The molecule has 9 heteroatoms. The zero-order valence-corrected chi connectivity index (χ0v) is 20.9. The monoisotopic (exact) mass is 482 g/mol. The molecular weight excluding hydrogens is 448 g/mol. The predicted molar refractivity (Wildman–Crippen MR) is 127 cm³/mol. The summed E-state index contributed by atoms with van der Waals surface area (Å²) in [6.07, 6.45) is 3.08. The highest BCUT2D eigenvalue weighted by Gasteiger charge is 2.63. The number of carbonyl (C=O) groups is 2. The lowest BCUT2D eigenvalue weighted by Crippen LogP contribution is -2.43. The molecule has 3 amide bonds. The molecule has 2 saturated heterocycles. The fourth-order valence-electron chi connectivity index (χ4n) is 4.97. The number of piperidine rings is 1. The molecule has 1 saturated carbocycles. The number of carbonyl (C=O) groups excluding carboxylic acids is 2. The van der Waals surface area contributed by atoms with Crippen LogP contribution in [0.4, 0.5) is 9.59 Å². The Kier molecular flexibility index (Phi) is 5.99. The van der Waals surface area contributed by atoms with E-state index in [-0.39, 0.29) is 41.8 Å². The second-order valence-corrected chi connectivity index (χ2v) is 10.9. The highest BCUT2D eigenvalue weighted by atomic mass is 16.7. The van der Waals surface area contributed by atoms with Crippen LogP contribution in [0, 0.1) is 5.41 Å². The van der Waals surface area contributed by atoms with Crippen LogP contribution < -0.4 is 0 Å². The van der Waals surface area contributed by atoms with Crippen LogP contribution in [0.5, 0.6) is 0 Å². The number of urea groups is 1. The Morgan fingerprint density at radius 3 is 2.69 bits per heavy atom. The predicted octanol–water partition coefficient (Wildman–Crippen LogP) is 4.55. The topological polar surface area (TPSA) is 88.4 Å². The smallest absolute Gasteiger partial charge is 0.409 e. The van der Waals surface area contributed by atoms with Crippen LogP contribution >= 0.6 is 0 Å². The van der Waals surface area contributed by atoms with Gasteiger partial charge in [-0.25, -0.2) is 9.59 Å². The highest BCUT2D eigenvalue weighted by molar-refractivity contribution is 5.77. The van der Waals surface area contributed by atoms with Gasteiger partial charge in [0.1, 0.15) is 24.7 Å². The largest absolute Gasteiger partial charge is 0.449 e. The number of ether oxygens (including phenoxy) is 1. The van der Waals surface area contributed by atoms with Crippen molar-refractivity contribution in [3.63, 3.8) is 0 Å². The van der Waals surface area contributed by atoms with Gasteiger partial charge in [-0.3, -0.25) is 4.84 Å². The van der Waals surface area contributed by atoms with Crippen LogP contribution in [0.15, 0.2) is 40.9 Å². The van der Waals surface area contributed by atoms with Crippen LogP contribution in [0.2, 0.25) is 0 Å². The maximum atomic E-state index is 13.3. The van der Waals surface area contributed by atoms with E-state index < -0.39 is 0 Å². The third-order valence-electron chi connectivity index (χ3n) is 7.65. The first-order valence-electron chi connectivity index (χ1n) is 12.3. The Bertz CT molecular complexity index is 1070. The minimum Gasteiger partial charge on any atom is -0.449 e. The van der Waals surface area contributed by atoms with Crippen molar-refractivity contribution in [1.82, 2.24) is 20.0 Å². The van der Waals surface area contributed by atoms with Crippen LogP contribution in [-0.4, -0.2) is 63.9 Å². The summed E-state index contributed by atoms with van der Waals surface area (Å²) < 4.78 is 10.9. The molecule has 188 valence electrons. The highest BCUT2D eigenvalue weighted by Crippen LogP contribution is 2.61. The summed E-state index contributed by atoms with van der Waals surface area (Å²) in [6.45, 7) is 7.06. The molecule has 1 aliphatic carbocycles. The molecule has 0 N–H and O–H groups in total. The Morgan fingerprint density at radius 1 is 1.26 bits per heavy atom. The molecule has 1 spiro atoms. The normalized spacial score (nSPS) is 22.6. The Balaban J connectivity index is 1.22. The van der Waals surface area contributed by atoms with Crippen LogP contribution in [0.1, 0.15) is 63.1 Å². The second kappa shape index (κ2) is 8.86. The van der Waals surface area contributed by atoms with E-state index in [2.05, 4.69) is 5.16 Å². The quantitative estimate of drug-likeness (QED) is 0.575. The SMILES string of the molecule is CN(C(=O)OCCc1cc([C@@H]2CC3(CC3)[C@@H]3CN2C(=O)N3OCc2ccccc2)no1)C(C)(C)C. The maximum Gasteiger partial charge on any atom is 0.409 e. The Hall–Kier alpha value is -3.07. The van der Waals surface area contributed by atoms with Crippen LogP contribution in [0.25, 0.3) is 0 Å². The van der Waals surface area contributed by atoms with Crippen molar-refractivity contribution < 1.29 is 23.7 Å². The summed E-state index contributed by atoms with van der Waals surface area (Å²) in [5.41, 5.74) is 1.56. The average Bonchev–Trinajstić information content (AvgIpc) is 3.32. The van der Waals surface area contributed by atoms with Crippen molar-refractivity contribution in [2.45, 2.75) is 70.7 Å². The summed E-state index contributed by atoms with van der Waals surface area (Å²) >= 11 is 0. The molecule has 35 heavy (non-hydrogen) atoms. The van der Waals surface area contributed by atoms with Crippen molar-refractivity contribution in [2.75, 3.05) is 20.2 Å². The van der Waals surface area contributed by atoms with E-state index >= 15 is 0 Å². The standard InChI is InChI=1S/C26H34N4O5/c1-25(2,3)28(4)24(32)33-13-10-19-14-20(27-35-19)21-15-26(11-12-26)22-16-29(21)23(31)30(22)34-17-18-8-6-5-7-9-18/h5-9,14,21-22H,10-13,15-17H2,1-4H3/t21-,22-/m0/s1. The lowest BCUT2D eigenvalue weighted by molar-refractivity contribution is -0.153. The van der Waals surface area contributed by atoms with E-state index in [0.29, 0.717) is 25.3 Å². The van der Waals surface area contributed by atoms with Gasteiger partial charge >= 0.3 is 12.1 Å². The number of hydroxylamine groups is 2. The van der Waals surface area contributed by atoms with Gasteiger partial charge in [0.15, 0.2) is 0 Å². The summed E-state index contributed by atoms with van der Waals surface area (Å²) in [7, 11) is 1.72. The van der Waals surface area contributed by atoms with E-state index in [4.69, 9.17) is 14.1 Å². The van der Waals surface area contributed by atoms with E-state index in [1.54, 1.807) is 17.0 Å². The van der Waals surface area contributed by atoms with Gasteiger partial charge in [-0.05, 0) is 51.0 Å². The van der Waals surface area contributed by atoms with Gasteiger partial charge in [-0.15, -0.1) is 0 Å². The Morgan fingerprint density at radius 2 is 2.00 bits per heavy atom. The minimum absolute atomic E-state index is 0.0700. The van der Waals surface area contributed by atoms with Gasteiger partial charge in [0.05, 0.1) is 12.1 Å². The van der Waals surface area contributed by atoms with Crippen LogP contribution in [0.3, 0.4) is 0 Å². The first-order valence-corrected chi connectivity index (χ1v) is 12.3. The van der Waals surface area contributed by atoms with Gasteiger partial charge in [0.25, 0.3) is 0 Å². The first-order chi connectivity index (χ1) is 16.7. The molecule has 2 atom stereocenters. The van der Waals surface area contributed by atoms with Gasteiger partial charge < -0.3 is 19.1 Å². The number of rotatable bonds is 7. The van der Waals surface area contributed by atoms with Gasteiger partial charge in [0.2, 0.25) is 0 Å². The molecule has 2 bridgehead atoms. The molecule has 2 aromatic rings. The van der Waals surface area contributed by atoms with E-state index in [0.717, 1.165) is 30.5 Å². The summed E-state index contributed by atoms with van der Waals surface area (Å²) in [4.78, 5) is 35.0. The lowest BCUT2D eigenvalue weighted by atomic mass is 9.84. The van der Waals surface area contributed by atoms with Gasteiger partial charge in [-0.1, -0.05) is 35.5 Å². The molecule has 9 nitrogen and oxygen atoms in total. The third-order valence-corrected chi connectivity index (χ3v) is 7.65. The lowest BCUT2D eigenvalue weighted by Gasteiger charge is -2.35. The van der Waals surface area contributed by atoms with Gasteiger partial charge in [-0.2, -0.15) is 5.06 Å². The zero-order valence-electron chi connectivity index (χ0n) is 20.9. The fraction of sp³-hybridized carbons (Fsp3) is 0.577. The van der Waals surface area contributed by atoms with Crippen molar-refractivity contribution in [1.29, 1.82) is 0 Å². The first kappa shape index (κ1) is 23.7. The van der Waals surface area contributed by atoms with E-state index in [1.165, 1.54) is 0 Å². The van der Waals surface area contributed by atoms with Gasteiger partial charge in [0, 0.05) is 31.6 Å². The maximum absolute atomic E-state index is 13.3. The van der Waals surface area contributed by atoms with Crippen molar-refractivity contribution >= 4 is 12.1 Å². The number of aromatic nitrogens is 1. The number of hydrogen-bond donors (Lipinski definition) is 0. The molecule has 5 rings (SSSR count). The summed E-state index contributed by atoms with van der Waals surface area (Å²) in [5.74, 6) is 0.641. The molecule has 3 fully saturated rings. The number of hydrogen-bond acceptors (Lipinski definition) is 6. The third kappa shape index (κ3) is 4.61. The summed E-state index contributed by atoms with van der Waals surface area (Å²) in [6, 6.07) is 11.6. The van der Waals surface area contributed by atoms with Crippen molar-refractivity contribution in [2.24, 2.45) is 5.41 Å². The van der Waals surface area contributed by atoms with Crippen molar-refractivity contribution in [3.8, 4) is 0 Å². The van der Waals surface area contributed by atoms with Crippen molar-refractivity contribution in [3.05, 3.63) is 53.4 Å². The van der Waals surface area contributed by atoms with E-state index in [9.17, 15) is 9.59 Å². The fourth-order valence-corrected chi connectivity index (χ4v) is 4.97. The Labute approximate surface area is 205 Å². The van der Waals surface area contributed by atoms with E-state index in [1.807, 2.05) is 62.1 Å². The zero-order chi connectivity index (χ0) is 24.8.